The average Bonchev–Trinajstić information content (AvgIpc) is 2.99. The van der Waals surface area contributed by atoms with Gasteiger partial charge in [0.2, 0.25) is 5.91 Å². The summed E-state index contributed by atoms with van der Waals surface area (Å²) in [4.78, 5) is 23.6. The average molecular weight is 394 g/mol. The first kappa shape index (κ1) is 19.8. The number of amides is 1. The van der Waals surface area contributed by atoms with E-state index in [9.17, 15) is 19.5 Å². The number of hydrogen-bond acceptors (Lipinski definition) is 6. The predicted octanol–water partition coefficient (Wildman–Crippen LogP) is 2.57. The topological polar surface area (TPSA) is 109 Å². The molecule has 0 bridgehead atoms. The van der Waals surface area contributed by atoms with Crippen LogP contribution < -0.4 is 4.74 Å². The number of fused-ring (bicyclic) bond motifs is 1. The first-order valence-electron chi connectivity index (χ1n) is 8.71. The Kier molecular flexibility index (Phi) is 5.33. The SMILES string of the molecule is CC1(C)Oc2ccc(C#N)cc2C(N2CCCC2=O)C1OCOP(C)(=O)O. The van der Waals surface area contributed by atoms with Crippen molar-refractivity contribution in [2.45, 2.75) is 44.4 Å². The second kappa shape index (κ2) is 7.25. The maximum Gasteiger partial charge on any atom is 0.327 e. The molecule has 1 aromatic rings. The van der Waals surface area contributed by atoms with Crippen molar-refractivity contribution in [1.82, 2.24) is 4.90 Å². The van der Waals surface area contributed by atoms with Crippen LogP contribution in [0.1, 0.15) is 43.9 Å². The normalized spacial score (nSPS) is 26.0. The van der Waals surface area contributed by atoms with Crippen LogP contribution in [0.4, 0.5) is 0 Å². The molecule has 1 N–H and O–H groups in total. The lowest BCUT2D eigenvalue weighted by atomic mass is 9.85. The third-order valence-electron chi connectivity index (χ3n) is 4.79. The number of carbonyl (C=O) groups excluding carboxylic acids is 1. The van der Waals surface area contributed by atoms with Gasteiger partial charge < -0.3 is 19.3 Å². The molecule has 0 aromatic heterocycles. The van der Waals surface area contributed by atoms with Crippen LogP contribution in [0.5, 0.6) is 5.75 Å². The van der Waals surface area contributed by atoms with E-state index in [1.54, 1.807) is 23.1 Å². The molecule has 0 saturated carbocycles. The molecule has 0 aliphatic carbocycles. The molecule has 3 rings (SSSR count). The Morgan fingerprint density at radius 1 is 1.48 bits per heavy atom. The van der Waals surface area contributed by atoms with E-state index in [0.29, 0.717) is 29.8 Å². The number of hydrogen-bond donors (Lipinski definition) is 1. The van der Waals surface area contributed by atoms with Crippen molar-refractivity contribution in [3.8, 4) is 11.8 Å². The number of nitriles is 1. The molecule has 27 heavy (non-hydrogen) atoms. The fourth-order valence-corrected chi connectivity index (χ4v) is 3.87. The van der Waals surface area contributed by atoms with Crippen molar-refractivity contribution in [1.29, 1.82) is 5.26 Å². The largest absolute Gasteiger partial charge is 0.485 e. The Labute approximate surface area is 158 Å². The fraction of sp³-hybridized carbons (Fsp3) is 0.556. The molecule has 3 unspecified atom stereocenters. The van der Waals surface area contributed by atoms with Crippen molar-refractivity contribution in [2.75, 3.05) is 20.0 Å². The van der Waals surface area contributed by atoms with Gasteiger partial charge >= 0.3 is 7.60 Å². The van der Waals surface area contributed by atoms with Gasteiger partial charge in [-0.15, -0.1) is 0 Å². The molecule has 1 fully saturated rings. The van der Waals surface area contributed by atoms with Crippen LogP contribution in [0.15, 0.2) is 18.2 Å². The Bertz CT molecular complexity index is 828. The van der Waals surface area contributed by atoms with Gasteiger partial charge in [-0.3, -0.25) is 13.9 Å². The molecule has 0 spiro atoms. The predicted molar refractivity (Wildman–Crippen MR) is 96.1 cm³/mol. The summed E-state index contributed by atoms with van der Waals surface area (Å²) in [6.45, 7) is 4.90. The monoisotopic (exact) mass is 394 g/mol. The summed E-state index contributed by atoms with van der Waals surface area (Å²) in [6, 6.07) is 6.72. The summed E-state index contributed by atoms with van der Waals surface area (Å²) >= 11 is 0. The third-order valence-corrected chi connectivity index (χ3v) is 5.37. The van der Waals surface area contributed by atoms with Crippen LogP contribution in [-0.2, 0) is 18.6 Å². The van der Waals surface area contributed by atoms with Crippen LogP contribution in [0.3, 0.4) is 0 Å². The minimum Gasteiger partial charge on any atom is -0.485 e. The third kappa shape index (κ3) is 4.17. The van der Waals surface area contributed by atoms with Gasteiger partial charge in [-0.2, -0.15) is 5.26 Å². The Balaban J connectivity index is 2.01. The summed E-state index contributed by atoms with van der Waals surface area (Å²) in [5.41, 5.74) is 0.319. The van der Waals surface area contributed by atoms with E-state index in [4.69, 9.17) is 14.0 Å². The first-order valence-corrected chi connectivity index (χ1v) is 10.7. The van der Waals surface area contributed by atoms with Crippen molar-refractivity contribution in [3.05, 3.63) is 29.3 Å². The lowest BCUT2D eigenvalue weighted by molar-refractivity contribution is -0.164. The van der Waals surface area contributed by atoms with E-state index in [-0.39, 0.29) is 5.91 Å². The summed E-state index contributed by atoms with van der Waals surface area (Å²) in [7, 11) is -3.70. The molecule has 2 aliphatic heterocycles. The zero-order valence-electron chi connectivity index (χ0n) is 15.5. The highest BCUT2D eigenvalue weighted by atomic mass is 31.2. The van der Waals surface area contributed by atoms with E-state index < -0.39 is 32.1 Å². The van der Waals surface area contributed by atoms with Crippen LogP contribution in [0.25, 0.3) is 0 Å². The smallest absolute Gasteiger partial charge is 0.327 e. The Hall–Kier alpha value is -1.91. The second-order valence-electron chi connectivity index (χ2n) is 7.34. The van der Waals surface area contributed by atoms with Gasteiger partial charge in [0.15, 0.2) is 6.79 Å². The number of benzene rings is 1. The highest BCUT2D eigenvalue weighted by Crippen LogP contribution is 2.46. The molecular formula is C18H23N2O6P. The zero-order chi connectivity index (χ0) is 19.8. The van der Waals surface area contributed by atoms with Gasteiger partial charge in [0.05, 0.1) is 17.7 Å². The quantitative estimate of drug-likeness (QED) is 0.604. The number of carbonyl (C=O) groups is 1. The molecule has 8 nitrogen and oxygen atoms in total. The van der Waals surface area contributed by atoms with Gasteiger partial charge in [0.25, 0.3) is 0 Å². The lowest BCUT2D eigenvalue weighted by Gasteiger charge is -2.47. The van der Waals surface area contributed by atoms with E-state index in [1.807, 2.05) is 13.8 Å². The molecule has 2 heterocycles. The van der Waals surface area contributed by atoms with Crippen LogP contribution >= 0.6 is 7.60 Å². The molecule has 1 amide bonds. The molecule has 146 valence electrons. The minimum atomic E-state index is -3.70. The highest BCUT2D eigenvalue weighted by molar-refractivity contribution is 7.51. The standard InChI is InChI=1S/C18H23N2O6P/c1-18(2)17(24-11-25-27(3,22)23)16(20-8-4-5-15(20)21)13-9-12(10-19)6-7-14(13)26-18/h6-7,9,16-17H,4-5,8,11H2,1-3H3,(H,22,23). The van der Waals surface area contributed by atoms with Crippen molar-refractivity contribution in [3.63, 3.8) is 0 Å². The number of likely N-dealkylation sites (tertiary alicyclic amines) is 1. The molecule has 3 atom stereocenters. The van der Waals surface area contributed by atoms with E-state index in [0.717, 1.165) is 13.1 Å². The van der Waals surface area contributed by atoms with Gasteiger partial charge in [0, 0.05) is 25.2 Å². The van der Waals surface area contributed by atoms with Crippen molar-refractivity contribution < 1.29 is 28.3 Å². The van der Waals surface area contributed by atoms with Crippen molar-refractivity contribution >= 4 is 13.5 Å². The summed E-state index contributed by atoms with van der Waals surface area (Å²) in [5.74, 6) is 0.594. The number of nitrogens with zero attached hydrogens (tertiary/aromatic N) is 2. The van der Waals surface area contributed by atoms with Gasteiger partial charge in [0.1, 0.15) is 17.5 Å². The molecule has 1 aromatic carbocycles. The molecular weight excluding hydrogens is 371 g/mol. The van der Waals surface area contributed by atoms with Crippen molar-refractivity contribution in [2.24, 2.45) is 0 Å². The maximum absolute atomic E-state index is 12.5. The molecule has 9 heteroatoms. The van der Waals surface area contributed by atoms with Gasteiger partial charge in [-0.1, -0.05) is 0 Å². The van der Waals surface area contributed by atoms with E-state index in [2.05, 4.69) is 6.07 Å². The van der Waals surface area contributed by atoms with E-state index in [1.165, 1.54) is 0 Å². The van der Waals surface area contributed by atoms with Gasteiger partial charge in [-0.25, -0.2) is 0 Å². The van der Waals surface area contributed by atoms with Crippen LogP contribution in [0.2, 0.25) is 0 Å². The summed E-state index contributed by atoms with van der Waals surface area (Å²) in [6.07, 6.45) is 0.552. The summed E-state index contributed by atoms with van der Waals surface area (Å²) in [5, 5.41) is 9.26. The van der Waals surface area contributed by atoms with E-state index >= 15 is 0 Å². The number of rotatable bonds is 5. The van der Waals surface area contributed by atoms with Gasteiger partial charge in [-0.05, 0) is 38.5 Å². The highest BCUT2D eigenvalue weighted by Gasteiger charge is 2.49. The Morgan fingerprint density at radius 2 is 2.22 bits per heavy atom. The van der Waals surface area contributed by atoms with Crippen LogP contribution in [-0.4, -0.2) is 47.4 Å². The van der Waals surface area contributed by atoms with Crippen LogP contribution in [0, 0.1) is 11.3 Å². The Morgan fingerprint density at radius 3 is 2.81 bits per heavy atom. The second-order valence-corrected chi connectivity index (χ2v) is 9.21. The number of ether oxygens (including phenoxy) is 2. The molecule has 1 saturated heterocycles. The first-order chi connectivity index (χ1) is 12.6. The fourth-order valence-electron chi connectivity index (χ4n) is 3.61. The molecule has 0 radical (unpaired) electrons. The molecule has 2 aliphatic rings. The lowest BCUT2D eigenvalue weighted by Crippen LogP contribution is -2.55. The minimum absolute atomic E-state index is 0.00357. The summed E-state index contributed by atoms with van der Waals surface area (Å²) < 4.78 is 28.2. The zero-order valence-corrected chi connectivity index (χ0v) is 16.4. The maximum atomic E-state index is 12.5.